The highest BCUT2D eigenvalue weighted by Gasteiger charge is 2.36. The minimum atomic E-state index is -0.970. The Bertz CT molecular complexity index is 193. The van der Waals surface area contributed by atoms with E-state index in [-0.39, 0.29) is 6.42 Å². The molecule has 0 aromatic carbocycles. The Morgan fingerprint density at radius 1 is 1.54 bits per heavy atom. The predicted molar refractivity (Wildman–Crippen MR) is 42.7 cm³/mol. The summed E-state index contributed by atoms with van der Waals surface area (Å²) in [5.41, 5.74) is 0. The zero-order chi connectivity index (χ0) is 10.0. The number of hydrogen-bond donors (Lipinski definition) is 2. The van der Waals surface area contributed by atoms with Gasteiger partial charge in [0.1, 0.15) is 12.2 Å². The molecule has 76 valence electrons. The molecule has 2 N–H and O–H groups in total. The van der Waals surface area contributed by atoms with Crippen molar-refractivity contribution >= 4 is 5.97 Å². The SMILES string of the molecule is CC(=O)O[C@H]1C[C@@H](O)O[C@H](C)[C@H]1O. The van der Waals surface area contributed by atoms with E-state index >= 15 is 0 Å². The molecule has 5 heteroatoms. The van der Waals surface area contributed by atoms with E-state index < -0.39 is 30.6 Å². The van der Waals surface area contributed by atoms with Gasteiger partial charge in [-0.3, -0.25) is 4.79 Å². The van der Waals surface area contributed by atoms with Crippen LogP contribution in [0.15, 0.2) is 0 Å². The first-order chi connectivity index (χ1) is 6.00. The van der Waals surface area contributed by atoms with Crippen LogP contribution in [-0.4, -0.2) is 40.8 Å². The van der Waals surface area contributed by atoms with E-state index in [4.69, 9.17) is 14.6 Å². The number of aliphatic hydroxyl groups is 2. The summed E-state index contributed by atoms with van der Waals surface area (Å²) in [6.45, 7) is 2.88. The van der Waals surface area contributed by atoms with Gasteiger partial charge in [0, 0.05) is 13.3 Å². The van der Waals surface area contributed by atoms with Crippen molar-refractivity contribution in [2.24, 2.45) is 0 Å². The first-order valence-corrected chi connectivity index (χ1v) is 4.19. The summed E-state index contributed by atoms with van der Waals surface area (Å²) in [5.74, 6) is -0.467. The number of carbonyl (C=O) groups is 1. The van der Waals surface area contributed by atoms with Crippen LogP contribution < -0.4 is 0 Å². The van der Waals surface area contributed by atoms with Crippen molar-refractivity contribution in [3.8, 4) is 0 Å². The van der Waals surface area contributed by atoms with Gasteiger partial charge in [0.05, 0.1) is 6.10 Å². The molecular weight excluding hydrogens is 176 g/mol. The van der Waals surface area contributed by atoms with E-state index in [2.05, 4.69) is 0 Å². The second-order valence-corrected chi connectivity index (χ2v) is 3.17. The third-order valence-corrected chi connectivity index (χ3v) is 1.98. The monoisotopic (exact) mass is 190 g/mol. The van der Waals surface area contributed by atoms with Crippen LogP contribution in [0, 0.1) is 0 Å². The first kappa shape index (κ1) is 10.4. The summed E-state index contributed by atoms with van der Waals surface area (Å²) in [6.07, 6.45) is -2.91. The van der Waals surface area contributed by atoms with E-state index in [1.165, 1.54) is 6.92 Å². The minimum Gasteiger partial charge on any atom is -0.459 e. The lowest BCUT2D eigenvalue weighted by atomic mass is 10.0. The van der Waals surface area contributed by atoms with Crippen LogP contribution in [-0.2, 0) is 14.3 Å². The Balaban J connectivity index is 2.55. The molecule has 1 rings (SSSR count). The largest absolute Gasteiger partial charge is 0.459 e. The molecule has 1 aliphatic rings. The van der Waals surface area contributed by atoms with Crippen LogP contribution in [0.25, 0.3) is 0 Å². The van der Waals surface area contributed by atoms with Crippen molar-refractivity contribution in [3.05, 3.63) is 0 Å². The molecule has 0 bridgehead atoms. The highest BCUT2D eigenvalue weighted by Crippen LogP contribution is 2.21. The average Bonchev–Trinajstić information content (AvgIpc) is 1.98. The molecule has 13 heavy (non-hydrogen) atoms. The van der Waals surface area contributed by atoms with Gasteiger partial charge in [-0.05, 0) is 6.92 Å². The molecule has 1 aliphatic heterocycles. The molecular formula is C8H14O5. The fourth-order valence-corrected chi connectivity index (χ4v) is 1.36. The maximum Gasteiger partial charge on any atom is 0.302 e. The van der Waals surface area contributed by atoms with Gasteiger partial charge >= 0.3 is 5.97 Å². The van der Waals surface area contributed by atoms with Crippen LogP contribution in [0.3, 0.4) is 0 Å². The third kappa shape index (κ3) is 2.65. The maximum absolute atomic E-state index is 10.6. The summed E-state index contributed by atoms with van der Waals surface area (Å²) >= 11 is 0. The Morgan fingerprint density at radius 2 is 2.15 bits per heavy atom. The molecule has 0 aromatic heterocycles. The summed E-state index contributed by atoms with van der Waals surface area (Å²) in [5, 5.41) is 18.6. The molecule has 1 heterocycles. The fourth-order valence-electron chi connectivity index (χ4n) is 1.36. The van der Waals surface area contributed by atoms with Crippen LogP contribution in [0.1, 0.15) is 20.3 Å². The van der Waals surface area contributed by atoms with Gasteiger partial charge < -0.3 is 19.7 Å². The van der Waals surface area contributed by atoms with Crippen molar-refractivity contribution in [1.29, 1.82) is 0 Å². The molecule has 0 radical (unpaired) electrons. The van der Waals surface area contributed by atoms with E-state index in [0.717, 1.165) is 0 Å². The van der Waals surface area contributed by atoms with Crippen molar-refractivity contribution in [1.82, 2.24) is 0 Å². The summed E-state index contributed by atoms with van der Waals surface area (Å²) in [4.78, 5) is 10.6. The molecule has 1 fully saturated rings. The molecule has 0 aromatic rings. The predicted octanol–water partition coefficient (Wildman–Crippen LogP) is -0.594. The van der Waals surface area contributed by atoms with Crippen LogP contribution >= 0.6 is 0 Å². The van der Waals surface area contributed by atoms with Crippen molar-refractivity contribution in [2.45, 2.75) is 44.9 Å². The number of esters is 1. The molecule has 0 spiro atoms. The Hall–Kier alpha value is -0.650. The second kappa shape index (κ2) is 4.04. The Labute approximate surface area is 76.3 Å². The number of ether oxygens (including phenoxy) is 2. The Morgan fingerprint density at radius 3 is 2.69 bits per heavy atom. The molecule has 0 amide bonds. The zero-order valence-corrected chi connectivity index (χ0v) is 7.64. The van der Waals surface area contributed by atoms with Gasteiger partial charge in [-0.2, -0.15) is 0 Å². The third-order valence-electron chi connectivity index (χ3n) is 1.98. The van der Waals surface area contributed by atoms with Gasteiger partial charge in [-0.25, -0.2) is 0 Å². The quantitative estimate of drug-likeness (QED) is 0.540. The molecule has 0 unspecified atom stereocenters. The van der Waals surface area contributed by atoms with Crippen molar-refractivity contribution in [3.63, 3.8) is 0 Å². The van der Waals surface area contributed by atoms with E-state index in [0.29, 0.717) is 0 Å². The average molecular weight is 190 g/mol. The zero-order valence-electron chi connectivity index (χ0n) is 7.64. The van der Waals surface area contributed by atoms with Crippen molar-refractivity contribution < 1.29 is 24.5 Å². The lowest BCUT2D eigenvalue weighted by Crippen LogP contribution is -2.48. The first-order valence-electron chi connectivity index (χ1n) is 4.19. The molecule has 4 atom stereocenters. The summed E-state index contributed by atoms with van der Waals surface area (Å²) < 4.78 is 9.74. The number of aliphatic hydroxyl groups excluding tert-OH is 2. The topological polar surface area (TPSA) is 76.0 Å². The summed E-state index contributed by atoms with van der Waals surface area (Å²) in [7, 11) is 0. The molecule has 5 nitrogen and oxygen atoms in total. The number of carbonyl (C=O) groups excluding carboxylic acids is 1. The number of hydrogen-bond acceptors (Lipinski definition) is 5. The van der Waals surface area contributed by atoms with Crippen LogP contribution in [0.5, 0.6) is 0 Å². The smallest absolute Gasteiger partial charge is 0.302 e. The van der Waals surface area contributed by atoms with E-state index in [1.807, 2.05) is 0 Å². The number of rotatable bonds is 1. The molecule has 1 saturated heterocycles. The van der Waals surface area contributed by atoms with Crippen LogP contribution in [0.4, 0.5) is 0 Å². The standard InChI is InChI=1S/C8H14O5/c1-4-8(11)6(13-5(2)9)3-7(10)12-4/h4,6-8,10-11H,3H2,1-2H3/t4-,6+,7+,8-/m1/s1. The maximum atomic E-state index is 10.6. The molecule has 0 aliphatic carbocycles. The summed E-state index contributed by atoms with van der Waals surface area (Å²) in [6, 6.07) is 0. The normalized spacial score (nSPS) is 40.0. The Kier molecular flexibility index (Phi) is 3.24. The van der Waals surface area contributed by atoms with Gasteiger partial charge in [0.2, 0.25) is 0 Å². The van der Waals surface area contributed by atoms with E-state index in [1.54, 1.807) is 6.92 Å². The van der Waals surface area contributed by atoms with Gasteiger partial charge in [-0.1, -0.05) is 0 Å². The highest BCUT2D eigenvalue weighted by molar-refractivity contribution is 5.66. The fraction of sp³-hybridized carbons (Fsp3) is 0.875. The van der Waals surface area contributed by atoms with Gasteiger partial charge in [0.25, 0.3) is 0 Å². The highest BCUT2D eigenvalue weighted by atomic mass is 16.6. The lowest BCUT2D eigenvalue weighted by Gasteiger charge is -2.34. The van der Waals surface area contributed by atoms with E-state index in [9.17, 15) is 9.90 Å². The lowest BCUT2D eigenvalue weighted by molar-refractivity contribution is -0.233. The van der Waals surface area contributed by atoms with Gasteiger partial charge in [0.15, 0.2) is 6.29 Å². The van der Waals surface area contributed by atoms with Crippen LogP contribution in [0.2, 0.25) is 0 Å². The second-order valence-electron chi connectivity index (χ2n) is 3.17. The minimum absolute atomic E-state index is 0.116. The van der Waals surface area contributed by atoms with Gasteiger partial charge in [-0.15, -0.1) is 0 Å². The molecule has 0 saturated carbocycles. The van der Waals surface area contributed by atoms with Crippen molar-refractivity contribution in [2.75, 3.05) is 0 Å².